The fourth-order valence-corrected chi connectivity index (χ4v) is 3.14. The maximum Gasteiger partial charge on any atom is 0.278 e. The number of aromatic nitrogens is 4. The van der Waals surface area contributed by atoms with Crippen molar-refractivity contribution in [3.05, 3.63) is 77.7 Å². The molecule has 0 bridgehead atoms. The fourth-order valence-electron chi connectivity index (χ4n) is 3.14. The van der Waals surface area contributed by atoms with Crippen LogP contribution in [-0.2, 0) is 17.9 Å². The fraction of sp³-hybridized carbons (Fsp3) is 0.150. The van der Waals surface area contributed by atoms with Gasteiger partial charge in [-0.2, -0.15) is 10.1 Å². The van der Waals surface area contributed by atoms with Crippen molar-refractivity contribution >= 4 is 0 Å². The highest BCUT2D eigenvalue weighted by molar-refractivity contribution is 5.57. The minimum Gasteiger partial charge on any atom is -0.365 e. The first-order valence-corrected chi connectivity index (χ1v) is 8.59. The van der Waals surface area contributed by atoms with E-state index in [4.69, 9.17) is 9.26 Å². The summed E-state index contributed by atoms with van der Waals surface area (Å²) in [4.78, 5) is 4.38. The highest BCUT2D eigenvalue weighted by Gasteiger charge is 2.24. The van der Waals surface area contributed by atoms with Gasteiger partial charge in [-0.15, -0.1) is 0 Å². The number of rotatable bonds is 3. The molecule has 0 unspecified atom stereocenters. The molecule has 1 atom stereocenters. The molecular formula is C20H15FN4O2. The Bertz CT molecular complexity index is 1070. The molecule has 0 spiro atoms. The lowest BCUT2D eigenvalue weighted by Crippen LogP contribution is -2.21. The highest BCUT2D eigenvalue weighted by atomic mass is 19.1. The molecular weight excluding hydrogens is 347 g/mol. The predicted molar refractivity (Wildman–Crippen MR) is 94.9 cm³/mol. The number of fused-ring (bicyclic) bond motifs is 1. The minimum atomic E-state index is -0.308. The molecule has 27 heavy (non-hydrogen) atoms. The van der Waals surface area contributed by atoms with Crippen molar-refractivity contribution in [3.63, 3.8) is 0 Å². The van der Waals surface area contributed by atoms with Crippen molar-refractivity contribution in [2.75, 3.05) is 0 Å². The van der Waals surface area contributed by atoms with Crippen molar-refractivity contribution in [3.8, 4) is 23.0 Å². The molecule has 5 rings (SSSR count). The third kappa shape index (κ3) is 3.02. The zero-order valence-electron chi connectivity index (χ0n) is 14.2. The van der Waals surface area contributed by atoms with Crippen molar-refractivity contribution in [2.24, 2.45) is 0 Å². The van der Waals surface area contributed by atoms with Crippen LogP contribution in [0.15, 0.2) is 65.2 Å². The molecule has 3 heterocycles. The minimum absolute atomic E-state index is 0.0380. The van der Waals surface area contributed by atoms with Gasteiger partial charge in [-0.3, -0.25) is 4.68 Å². The maximum atomic E-state index is 13.1. The Balaban J connectivity index is 1.40. The summed E-state index contributed by atoms with van der Waals surface area (Å²) in [6.07, 6.45) is -0.0380. The van der Waals surface area contributed by atoms with Crippen molar-refractivity contribution in [1.29, 1.82) is 0 Å². The van der Waals surface area contributed by atoms with Crippen LogP contribution >= 0.6 is 0 Å². The first-order chi connectivity index (χ1) is 13.3. The van der Waals surface area contributed by atoms with E-state index in [0.29, 0.717) is 36.1 Å². The third-order valence-corrected chi connectivity index (χ3v) is 4.55. The Morgan fingerprint density at radius 3 is 2.67 bits per heavy atom. The zero-order valence-corrected chi connectivity index (χ0v) is 14.2. The number of nitrogens with zero attached hydrogens (tertiary/aromatic N) is 4. The van der Waals surface area contributed by atoms with Crippen LogP contribution in [0.5, 0.6) is 0 Å². The van der Waals surface area contributed by atoms with Gasteiger partial charge in [0.1, 0.15) is 11.9 Å². The molecule has 0 N–H and O–H groups in total. The van der Waals surface area contributed by atoms with E-state index in [-0.39, 0.29) is 11.9 Å². The molecule has 4 aromatic rings. The molecule has 7 heteroatoms. The summed E-state index contributed by atoms with van der Waals surface area (Å²) in [5.41, 5.74) is 3.36. The van der Waals surface area contributed by atoms with Gasteiger partial charge in [-0.1, -0.05) is 35.5 Å². The quantitative estimate of drug-likeness (QED) is 0.551. The molecule has 134 valence electrons. The van der Waals surface area contributed by atoms with E-state index in [1.807, 2.05) is 41.1 Å². The van der Waals surface area contributed by atoms with Crippen LogP contribution in [0.2, 0.25) is 0 Å². The van der Waals surface area contributed by atoms with Gasteiger partial charge in [0.2, 0.25) is 5.82 Å². The van der Waals surface area contributed by atoms with Crippen LogP contribution in [0.3, 0.4) is 0 Å². The Kier molecular flexibility index (Phi) is 3.79. The second-order valence-corrected chi connectivity index (χ2v) is 6.34. The number of ether oxygens (including phenoxy) is 1. The average molecular weight is 362 g/mol. The first-order valence-electron chi connectivity index (χ1n) is 8.59. The van der Waals surface area contributed by atoms with Gasteiger partial charge in [-0.25, -0.2) is 4.39 Å². The largest absolute Gasteiger partial charge is 0.365 e. The van der Waals surface area contributed by atoms with Crippen molar-refractivity contribution < 1.29 is 13.7 Å². The number of hydrogen-bond donors (Lipinski definition) is 0. The van der Waals surface area contributed by atoms with Gasteiger partial charge in [0.15, 0.2) is 5.69 Å². The topological polar surface area (TPSA) is 66.0 Å². The smallest absolute Gasteiger partial charge is 0.278 e. The lowest BCUT2D eigenvalue weighted by molar-refractivity contribution is -0.00113. The van der Waals surface area contributed by atoms with E-state index >= 15 is 0 Å². The molecule has 2 aromatic heterocycles. The molecule has 0 fully saturated rings. The number of hydrogen-bond acceptors (Lipinski definition) is 5. The average Bonchev–Trinajstić information content (AvgIpc) is 3.36. The Labute approximate surface area is 154 Å². The summed E-state index contributed by atoms with van der Waals surface area (Å²) >= 11 is 0. The van der Waals surface area contributed by atoms with Crippen LogP contribution in [0.1, 0.15) is 17.4 Å². The molecule has 2 aromatic carbocycles. The molecule has 6 nitrogen and oxygen atoms in total. The standard InChI is InChI=1S/C20H15FN4O2/c21-15-8-6-14(7-9-15)19-22-20(27-24-19)17-10-16-12-26-18(11-25(16)23-17)13-4-2-1-3-5-13/h1-10,18H,11-12H2/t18-/m0/s1. The van der Waals surface area contributed by atoms with Crippen molar-refractivity contribution in [1.82, 2.24) is 19.9 Å². The second-order valence-electron chi connectivity index (χ2n) is 6.34. The van der Waals surface area contributed by atoms with E-state index in [1.165, 1.54) is 12.1 Å². The molecule has 0 radical (unpaired) electrons. The van der Waals surface area contributed by atoms with Gasteiger partial charge in [0.05, 0.1) is 18.8 Å². The number of halogens is 1. The molecule has 1 aliphatic heterocycles. The molecule has 0 amide bonds. The SMILES string of the molecule is Fc1ccc(-c2noc(-c3cc4n(n3)C[C@@H](c3ccccc3)OC4)n2)cc1. The van der Waals surface area contributed by atoms with E-state index in [9.17, 15) is 4.39 Å². The number of benzene rings is 2. The molecule has 0 aliphatic carbocycles. The Hall–Kier alpha value is -3.32. The predicted octanol–water partition coefficient (Wildman–Crippen LogP) is 4.01. The maximum absolute atomic E-state index is 13.1. The lowest BCUT2D eigenvalue weighted by atomic mass is 10.1. The summed E-state index contributed by atoms with van der Waals surface area (Å²) in [7, 11) is 0. The van der Waals surface area contributed by atoms with Crippen LogP contribution in [0.4, 0.5) is 4.39 Å². The van der Waals surface area contributed by atoms with Crippen molar-refractivity contribution in [2.45, 2.75) is 19.3 Å². The van der Waals surface area contributed by atoms with E-state index in [2.05, 4.69) is 15.2 Å². The lowest BCUT2D eigenvalue weighted by Gasteiger charge is -2.24. The first kappa shape index (κ1) is 15.9. The van der Waals surface area contributed by atoms with Gasteiger partial charge < -0.3 is 9.26 Å². The van der Waals surface area contributed by atoms with Gasteiger partial charge in [-0.05, 0) is 35.9 Å². The van der Waals surface area contributed by atoms with Gasteiger partial charge in [0.25, 0.3) is 5.89 Å². The normalized spacial score (nSPS) is 16.3. The summed E-state index contributed by atoms with van der Waals surface area (Å²) in [5.74, 6) is 0.416. The van der Waals surface area contributed by atoms with E-state index in [0.717, 1.165) is 11.3 Å². The molecule has 1 aliphatic rings. The van der Waals surface area contributed by atoms with Crippen LogP contribution in [0, 0.1) is 5.82 Å². The van der Waals surface area contributed by atoms with E-state index < -0.39 is 0 Å². The van der Waals surface area contributed by atoms with E-state index in [1.54, 1.807) is 12.1 Å². The van der Waals surface area contributed by atoms with Crippen LogP contribution in [0.25, 0.3) is 23.0 Å². The summed E-state index contributed by atoms with van der Waals surface area (Å²) in [6, 6.07) is 17.9. The molecule has 0 saturated heterocycles. The Morgan fingerprint density at radius 1 is 1.04 bits per heavy atom. The van der Waals surface area contributed by atoms with Gasteiger partial charge in [0, 0.05) is 5.56 Å². The zero-order chi connectivity index (χ0) is 18.2. The Morgan fingerprint density at radius 2 is 1.85 bits per heavy atom. The third-order valence-electron chi connectivity index (χ3n) is 4.55. The highest BCUT2D eigenvalue weighted by Crippen LogP contribution is 2.29. The summed E-state index contributed by atoms with van der Waals surface area (Å²) in [6.45, 7) is 1.09. The second kappa shape index (κ2) is 6.44. The monoisotopic (exact) mass is 362 g/mol. The molecule has 0 saturated carbocycles. The van der Waals surface area contributed by atoms with Crippen LogP contribution < -0.4 is 0 Å². The van der Waals surface area contributed by atoms with Crippen LogP contribution in [-0.4, -0.2) is 19.9 Å². The summed E-state index contributed by atoms with van der Waals surface area (Å²) in [5, 5.41) is 8.57. The summed E-state index contributed by atoms with van der Waals surface area (Å²) < 4.78 is 26.3. The van der Waals surface area contributed by atoms with Gasteiger partial charge >= 0.3 is 0 Å².